The topological polar surface area (TPSA) is 110 Å². The van der Waals surface area contributed by atoms with Crippen molar-refractivity contribution in [3.63, 3.8) is 0 Å². The second kappa shape index (κ2) is 7.49. The van der Waals surface area contributed by atoms with Gasteiger partial charge in [0.1, 0.15) is 0 Å². The smallest absolute Gasteiger partial charge is 0.306 e. The summed E-state index contributed by atoms with van der Waals surface area (Å²) in [5.41, 5.74) is 0.942. The Kier molecular flexibility index (Phi) is 5.49. The zero-order valence-electron chi connectivity index (χ0n) is 14.3. The molecule has 2 aromatic rings. The van der Waals surface area contributed by atoms with Gasteiger partial charge in [0.15, 0.2) is 0 Å². The Hall–Kier alpha value is -1.72. The van der Waals surface area contributed by atoms with Crippen molar-refractivity contribution in [2.24, 2.45) is 0 Å². The Morgan fingerprint density at radius 1 is 1.46 bits per heavy atom. The number of aromatic nitrogens is 3. The minimum Gasteiger partial charge on any atom is -0.389 e. The molecular formula is C15H20ClN5O4S. The fraction of sp³-hybridized carbons (Fsp3) is 0.467. The molecule has 3 heterocycles. The second-order valence-electron chi connectivity index (χ2n) is 6.09. The first-order valence-electron chi connectivity index (χ1n) is 7.95. The van der Waals surface area contributed by atoms with Crippen LogP contribution in [0.5, 0.6) is 0 Å². The normalized spacial score (nSPS) is 21.1. The van der Waals surface area contributed by atoms with E-state index in [0.29, 0.717) is 35.3 Å². The monoisotopic (exact) mass is 401 g/mol. The van der Waals surface area contributed by atoms with Gasteiger partial charge in [-0.05, 0) is 12.5 Å². The summed E-state index contributed by atoms with van der Waals surface area (Å²) in [4.78, 5) is 8.52. The van der Waals surface area contributed by atoms with Crippen LogP contribution in [0.15, 0.2) is 24.7 Å². The standard InChI is InChI=1S/C15H20ClN5O4S/c1-20(2)26(23,24)21-5-3-10(8-21)14-11(16)7-17-15(19-14)18-12-4-6-25-9-13(12)22/h3,5,7-8,12-13,22H,4,6,9H2,1-2H3,(H,17,18,19)/t12-,13-/m1/s1. The molecule has 142 valence electrons. The van der Waals surface area contributed by atoms with E-state index in [1.807, 2.05) is 0 Å². The first-order chi connectivity index (χ1) is 12.3. The summed E-state index contributed by atoms with van der Waals surface area (Å²) in [6, 6.07) is 1.39. The molecule has 0 spiro atoms. The van der Waals surface area contributed by atoms with E-state index in [4.69, 9.17) is 16.3 Å². The molecule has 1 aliphatic heterocycles. The molecule has 9 nitrogen and oxygen atoms in total. The molecule has 0 bridgehead atoms. The first kappa shape index (κ1) is 19.1. The predicted molar refractivity (Wildman–Crippen MR) is 97.3 cm³/mol. The fourth-order valence-corrected chi connectivity index (χ4v) is 3.58. The Bertz CT molecular complexity index is 886. The van der Waals surface area contributed by atoms with Crippen LogP contribution in [0.2, 0.25) is 5.02 Å². The van der Waals surface area contributed by atoms with Crippen molar-refractivity contribution in [3.8, 4) is 11.3 Å². The number of aliphatic hydroxyl groups excluding tert-OH is 1. The summed E-state index contributed by atoms with van der Waals surface area (Å²) in [6.07, 6.45) is 4.28. The Balaban J connectivity index is 1.88. The molecule has 0 radical (unpaired) electrons. The molecule has 2 atom stereocenters. The maximum atomic E-state index is 12.2. The van der Waals surface area contributed by atoms with Crippen LogP contribution in [0, 0.1) is 0 Å². The van der Waals surface area contributed by atoms with Crippen LogP contribution in [0.1, 0.15) is 6.42 Å². The molecule has 2 N–H and O–H groups in total. The number of nitrogens with zero attached hydrogens (tertiary/aromatic N) is 4. The highest BCUT2D eigenvalue weighted by Crippen LogP contribution is 2.27. The minimum absolute atomic E-state index is 0.225. The van der Waals surface area contributed by atoms with E-state index in [1.165, 1.54) is 32.7 Å². The maximum absolute atomic E-state index is 12.2. The van der Waals surface area contributed by atoms with Crippen molar-refractivity contribution in [1.29, 1.82) is 0 Å². The van der Waals surface area contributed by atoms with Gasteiger partial charge in [-0.3, -0.25) is 0 Å². The zero-order chi connectivity index (χ0) is 18.9. The summed E-state index contributed by atoms with van der Waals surface area (Å²) in [5, 5.41) is 13.3. The lowest BCUT2D eigenvalue weighted by Gasteiger charge is -2.28. The maximum Gasteiger partial charge on any atom is 0.306 e. The van der Waals surface area contributed by atoms with Crippen LogP contribution in [0.25, 0.3) is 11.3 Å². The van der Waals surface area contributed by atoms with Crippen LogP contribution in [-0.2, 0) is 14.9 Å². The SMILES string of the molecule is CN(C)S(=O)(=O)n1ccc(-c2nc(N[C@@H]3CCOC[C@H]3O)ncc2Cl)c1. The van der Waals surface area contributed by atoms with E-state index in [2.05, 4.69) is 15.3 Å². The van der Waals surface area contributed by atoms with Gasteiger partial charge < -0.3 is 15.2 Å². The van der Waals surface area contributed by atoms with Crippen molar-refractivity contribution >= 4 is 27.8 Å². The quantitative estimate of drug-likeness (QED) is 0.763. The third-order valence-electron chi connectivity index (χ3n) is 4.05. The average molecular weight is 402 g/mol. The minimum atomic E-state index is -3.62. The molecule has 0 unspecified atom stereocenters. The highest BCUT2D eigenvalue weighted by molar-refractivity contribution is 7.87. The number of hydrogen-bond acceptors (Lipinski definition) is 7. The van der Waals surface area contributed by atoms with E-state index in [9.17, 15) is 13.5 Å². The lowest BCUT2D eigenvalue weighted by molar-refractivity contribution is -0.0136. The predicted octanol–water partition coefficient (Wildman–Crippen LogP) is 0.815. The van der Waals surface area contributed by atoms with Gasteiger partial charge in [-0.25, -0.2) is 13.9 Å². The van der Waals surface area contributed by atoms with Crippen molar-refractivity contribution in [3.05, 3.63) is 29.7 Å². The molecule has 0 aliphatic carbocycles. The van der Waals surface area contributed by atoms with E-state index in [-0.39, 0.29) is 12.6 Å². The number of ether oxygens (including phenoxy) is 1. The number of halogens is 1. The van der Waals surface area contributed by atoms with Gasteiger partial charge in [-0.2, -0.15) is 12.7 Å². The fourth-order valence-electron chi connectivity index (χ4n) is 2.55. The van der Waals surface area contributed by atoms with Crippen LogP contribution in [0.4, 0.5) is 5.95 Å². The molecular weight excluding hydrogens is 382 g/mol. The number of hydrogen-bond donors (Lipinski definition) is 2. The first-order valence-corrected chi connectivity index (χ1v) is 9.73. The van der Waals surface area contributed by atoms with E-state index < -0.39 is 16.3 Å². The molecule has 11 heteroatoms. The number of aliphatic hydroxyl groups is 1. The molecule has 0 saturated carbocycles. The Morgan fingerprint density at radius 3 is 2.92 bits per heavy atom. The number of nitrogens with one attached hydrogen (secondary N) is 1. The van der Waals surface area contributed by atoms with Crippen molar-refractivity contribution < 1.29 is 18.3 Å². The van der Waals surface area contributed by atoms with E-state index in [1.54, 1.807) is 6.07 Å². The average Bonchev–Trinajstić information content (AvgIpc) is 3.09. The van der Waals surface area contributed by atoms with E-state index in [0.717, 1.165) is 8.28 Å². The van der Waals surface area contributed by atoms with Gasteiger partial charge >= 0.3 is 10.2 Å². The summed E-state index contributed by atoms with van der Waals surface area (Å²) in [7, 11) is -0.712. The highest BCUT2D eigenvalue weighted by Gasteiger charge is 2.25. The number of anilines is 1. The largest absolute Gasteiger partial charge is 0.389 e. The highest BCUT2D eigenvalue weighted by atomic mass is 35.5. The molecule has 1 fully saturated rings. The summed E-state index contributed by atoms with van der Waals surface area (Å²) >= 11 is 6.20. The van der Waals surface area contributed by atoms with Crippen LogP contribution >= 0.6 is 11.6 Å². The Labute approximate surface area is 156 Å². The van der Waals surface area contributed by atoms with Crippen molar-refractivity contribution in [2.45, 2.75) is 18.6 Å². The summed E-state index contributed by atoms with van der Waals surface area (Å²) in [6.45, 7) is 0.795. The third kappa shape index (κ3) is 3.84. The summed E-state index contributed by atoms with van der Waals surface area (Å²) in [5.74, 6) is 0.304. The van der Waals surface area contributed by atoms with E-state index >= 15 is 0 Å². The van der Waals surface area contributed by atoms with Gasteiger partial charge in [0.25, 0.3) is 0 Å². The molecule has 2 aromatic heterocycles. The van der Waals surface area contributed by atoms with Crippen molar-refractivity contribution in [2.75, 3.05) is 32.6 Å². The van der Waals surface area contributed by atoms with Gasteiger partial charge in [0, 0.05) is 38.7 Å². The summed E-state index contributed by atoms with van der Waals surface area (Å²) < 4.78 is 31.8. The lowest BCUT2D eigenvalue weighted by atomic mass is 10.1. The molecule has 26 heavy (non-hydrogen) atoms. The molecule has 0 amide bonds. The van der Waals surface area contributed by atoms with Crippen LogP contribution < -0.4 is 5.32 Å². The number of rotatable bonds is 5. The van der Waals surface area contributed by atoms with Crippen LogP contribution in [0.3, 0.4) is 0 Å². The molecule has 3 rings (SSSR count). The lowest BCUT2D eigenvalue weighted by Crippen LogP contribution is -2.42. The van der Waals surface area contributed by atoms with Gasteiger partial charge in [-0.1, -0.05) is 11.6 Å². The van der Waals surface area contributed by atoms with Gasteiger partial charge in [0.05, 0.1) is 35.7 Å². The Morgan fingerprint density at radius 2 is 2.23 bits per heavy atom. The second-order valence-corrected chi connectivity index (χ2v) is 8.55. The zero-order valence-corrected chi connectivity index (χ0v) is 15.9. The van der Waals surface area contributed by atoms with Crippen molar-refractivity contribution in [1.82, 2.24) is 18.2 Å². The van der Waals surface area contributed by atoms with Gasteiger partial charge in [-0.15, -0.1) is 0 Å². The molecule has 1 saturated heterocycles. The third-order valence-corrected chi connectivity index (χ3v) is 6.01. The molecule has 1 aliphatic rings. The van der Waals surface area contributed by atoms with Crippen LogP contribution in [-0.4, -0.2) is 71.2 Å². The van der Waals surface area contributed by atoms with Gasteiger partial charge in [0.2, 0.25) is 5.95 Å². The molecule has 0 aromatic carbocycles.